The van der Waals surface area contributed by atoms with Gasteiger partial charge in [-0.3, -0.25) is 4.79 Å². The van der Waals surface area contributed by atoms with Crippen LogP contribution in [0.4, 0.5) is 0 Å². The van der Waals surface area contributed by atoms with E-state index in [0.29, 0.717) is 22.8 Å². The number of aryl methyl sites for hydroxylation is 1. The number of allylic oxidation sites excluding steroid dienone is 1. The normalized spacial score (nSPS) is 16.2. The van der Waals surface area contributed by atoms with Gasteiger partial charge in [-0.15, -0.1) is 0 Å². The average molecular weight is 460 g/mol. The summed E-state index contributed by atoms with van der Waals surface area (Å²) in [7, 11) is 0. The zero-order chi connectivity index (χ0) is 23.4. The van der Waals surface area contributed by atoms with Crippen molar-refractivity contribution in [3.8, 4) is 0 Å². The predicted molar refractivity (Wildman–Crippen MR) is 129 cm³/mol. The summed E-state index contributed by atoms with van der Waals surface area (Å²) in [5.74, 6) is -0.927. The van der Waals surface area contributed by atoms with Crippen molar-refractivity contribution in [3.63, 3.8) is 0 Å². The molecule has 1 aliphatic rings. The zero-order valence-electron chi connectivity index (χ0n) is 18.8. The molecule has 0 N–H and O–H groups in total. The molecule has 0 spiro atoms. The molecular weight excluding hydrogens is 434 g/mol. The summed E-state index contributed by atoms with van der Waals surface area (Å²) in [4.78, 5) is 28.3. The highest BCUT2D eigenvalue weighted by molar-refractivity contribution is 6.31. The van der Waals surface area contributed by atoms with E-state index in [1.165, 1.54) is 0 Å². The Labute approximate surface area is 199 Å². The molecule has 0 radical (unpaired) electrons. The molecule has 3 aromatic rings. The maximum Gasteiger partial charge on any atom is 0.336 e. The maximum atomic E-state index is 13.4. The lowest BCUT2D eigenvalue weighted by Crippen LogP contribution is -2.38. The van der Waals surface area contributed by atoms with Gasteiger partial charge in [0.25, 0.3) is 0 Å². The van der Waals surface area contributed by atoms with Gasteiger partial charge < -0.3 is 9.64 Å². The summed E-state index contributed by atoms with van der Waals surface area (Å²) in [5, 5.41) is 0.531. The largest absolute Gasteiger partial charge is 0.457 e. The summed E-state index contributed by atoms with van der Waals surface area (Å²) in [6, 6.07) is 24.9. The molecule has 0 aliphatic carbocycles. The third kappa shape index (κ3) is 5.18. The molecular formula is C28H26ClNO3. The van der Waals surface area contributed by atoms with E-state index in [9.17, 15) is 9.59 Å². The Morgan fingerprint density at radius 2 is 1.61 bits per heavy atom. The van der Waals surface area contributed by atoms with Crippen LogP contribution in [0.25, 0.3) is 0 Å². The van der Waals surface area contributed by atoms with Gasteiger partial charge in [0, 0.05) is 23.1 Å². The molecule has 4 nitrogen and oxygen atoms in total. The minimum absolute atomic E-state index is 0.0439. The quantitative estimate of drug-likeness (QED) is 0.413. The molecule has 1 aliphatic heterocycles. The second-order valence-electron chi connectivity index (χ2n) is 8.30. The van der Waals surface area contributed by atoms with E-state index < -0.39 is 11.9 Å². The molecule has 1 unspecified atom stereocenters. The van der Waals surface area contributed by atoms with Crippen LogP contribution in [0, 0.1) is 6.92 Å². The SMILES string of the molecule is CC1=C(C(=O)OCc2ccccc2)C(c2ccccc2Cl)CC(=O)N1Cc1ccc(C)cc1. The van der Waals surface area contributed by atoms with E-state index >= 15 is 0 Å². The number of hydrogen-bond acceptors (Lipinski definition) is 3. The summed E-state index contributed by atoms with van der Waals surface area (Å²) in [5.41, 5.74) is 4.90. The van der Waals surface area contributed by atoms with E-state index in [2.05, 4.69) is 0 Å². The van der Waals surface area contributed by atoms with Gasteiger partial charge in [-0.1, -0.05) is 90.0 Å². The van der Waals surface area contributed by atoms with Gasteiger partial charge in [0.2, 0.25) is 5.91 Å². The first kappa shape index (κ1) is 22.8. The van der Waals surface area contributed by atoms with Crippen molar-refractivity contribution in [3.05, 3.63) is 117 Å². The van der Waals surface area contributed by atoms with E-state index in [1.807, 2.05) is 86.6 Å². The number of benzene rings is 3. The van der Waals surface area contributed by atoms with Crippen LogP contribution in [0.5, 0.6) is 0 Å². The van der Waals surface area contributed by atoms with Crippen molar-refractivity contribution in [2.45, 2.75) is 39.3 Å². The molecule has 0 fully saturated rings. The molecule has 0 aromatic heterocycles. The van der Waals surface area contributed by atoms with Crippen LogP contribution < -0.4 is 0 Å². The minimum Gasteiger partial charge on any atom is -0.457 e. The molecule has 3 aromatic carbocycles. The topological polar surface area (TPSA) is 46.6 Å². The standard InChI is InChI=1S/C28H26ClNO3/c1-19-12-14-21(15-13-19)17-30-20(2)27(28(32)33-18-22-8-4-3-5-9-22)24(16-26(30)31)23-10-6-7-11-25(23)29/h3-15,24H,16-18H2,1-2H3. The molecule has 1 heterocycles. The van der Waals surface area contributed by atoms with Gasteiger partial charge in [0.05, 0.1) is 12.1 Å². The van der Waals surface area contributed by atoms with Crippen molar-refractivity contribution in [1.82, 2.24) is 4.90 Å². The highest BCUT2D eigenvalue weighted by Crippen LogP contribution is 2.40. The first-order chi connectivity index (χ1) is 15.9. The van der Waals surface area contributed by atoms with Crippen LogP contribution in [-0.2, 0) is 27.5 Å². The third-order valence-corrected chi connectivity index (χ3v) is 6.34. The Hall–Kier alpha value is -3.37. The van der Waals surface area contributed by atoms with E-state index in [1.54, 1.807) is 11.0 Å². The summed E-state index contributed by atoms with van der Waals surface area (Å²) in [6.07, 6.45) is 0.155. The van der Waals surface area contributed by atoms with Crippen LogP contribution in [0.15, 0.2) is 90.1 Å². The van der Waals surface area contributed by atoms with E-state index in [4.69, 9.17) is 16.3 Å². The average Bonchev–Trinajstić information content (AvgIpc) is 2.82. The number of halogens is 1. The Balaban J connectivity index is 1.69. The van der Waals surface area contributed by atoms with Crippen LogP contribution in [0.2, 0.25) is 5.02 Å². The van der Waals surface area contributed by atoms with Crippen LogP contribution >= 0.6 is 11.6 Å². The second-order valence-corrected chi connectivity index (χ2v) is 8.71. The van der Waals surface area contributed by atoms with E-state index in [-0.39, 0.29) is 18.9 Å². The van der Waals surface area contributed by atoms with Gasteiger partial charge in [0.1, 0.15) is 6.61 Å². The number of rotatable bonds is 6. The van der Waals surface area contributed by atoms with Gasteiger partial charge in [-0.25, -0.2) is 4.79 Å². The lowest BCUT2D eigenvalue weighted by molar-refractivity contribution is -0.141. The number of nitrogens with zero attached hydrogens (tertiary/aromatic N) is 1. The van der Waals surface area contributed by atoms with Crippen LogP contribution in [0.3, 0.4) is 0 Å². The minimum atomic E-state index is -0.455. The Kier molecular flexibility index (Phi) is 6.95. The van der Waals surface area contributed by atoms with Crippen molar-refractivity contribution in [2.75, 3.05) is 0 Å². The summed E-state index contributed by atoms with van der Waals surface area (Å²) >= 11 is 6.48. The highest BCUT2D eigenvalue weighted by Gasteiger charge is 2.37. The third-order valence-electron chi connectivity index (χ3n) is 6.00. The number of hydrogen-bond donors (Lipinski definition) is 0. The Morgan fingerprint density at radius 3 is 2.30 bits per heavy atom. The first-order valence-corrected chi connectivity index (χ1v) is 11.3. The highest BCUT2D eigenvalue weighted by atomic mass is 35.5. The fourth-order valence-electron chi connectivity index (χ4n) is 4.17. The van der Waals surface area contributed by atoms with Crippen molar-refractivity contribution in [1.29, 1.82) is 0 Å². The van der Waals surface area contributed by atoms with E-state index in [0.717, 1.165) is 22.3 Å². The van der Waals surface area contributed by atoms with Crippen molar-refractivity contribution < 1.29 is 14.3 Å². The fraction of sp³-hybridized carbons (Fsp3) is 0.214. The molecule has 0 saturated carbocycles. The lowest BCUT2D eigenvalue weighted by Gasteiger charge is -2.35. The molecule has 5 heteroatoms. The molecule has 0 saturated heterocycles. The molecule has 4 rings (SSSR count). The van der Waals surface area contributed by atoms with Crippen molar-refractivity contribution >= 4 is 23.5 Å². The zero-order valence-corrected chi connectivity index (χ0v) is 19.5. The maximum absolute atomic E-state index is 13.4. The van der Waals surface area contributed by atoms with Gasteiger partial charge in [0.15, 0.2) is 0 Å². The number of carbonyl (C=O) groups is 2. The summed E-state index contributed by atoms with van der Waals surface area (Å²) < 4.78 is 5.70. The monoisotopic (exact) mass is 459 g/mol. The van der Waals surface area contributed by atoms with Crippen LogP contribution in [-0.4, -0.2) is 16.8 Å². The molecule has 1 atom stereocenters. The van der Waals surface area contributed by atoms with Gasteiger partial charge >= 0.3 is 5.97 Å². The predicted octanol–water partition coefficient (Wildman–Crippen LogP) is 6.18. The molecule has 1 amide bonds. The first-order valence-electron chi connectivity index (χ1n) is 11.0. The Bertz CT molecular complexity index is 1190. The molecule has 0 bridgehead atoms. The van der Waals surface area contributed by atoms with Crippen LogP contribution in [0.1, 0.15) is 41.5 Å². The summed E-state index contributed by atoms with van der Waals surface area (Å²) in [6.45, 7) is 4.40. The Morgan fingerprint density at radius 1 is 0.939 bits per heavy atom. The fourth-order valence-corrected chi connectivity index (χ4v) is 4.44. The second kappa shape index (κ2) is 10.1. The smallest absolute Gasteiger partial charge is 0.336 e. The number of esters is 1. The number of ether oxygens (including phenoxy) is 1. The molecule has 33 heavy (non-hydrogen) atoms. The molecule has 168 valence electrons. The van der Waals surface area contributed by atoms with Crippen molar-refractivity contribution in [2.24, 2.45) is 0 Å². The van der Waals surface area contributed by atoms with Gasteiger partial charge in [-0.2, -0.15) is 0 Å². The van der Waals surface area contributed by atoms with Gasteiger partial charge in [-0.05, 0) is 36.6 Å². The number of amides is 1. The lowest BCUT2D eigenvalue weighted by atomic mass is 9.83. The number of carbonyl (C=O) groups excluding carboxylic acids is 2.